The number of carbonyl (C=O) groups excluding carboxylic acids is 3. The van der Waals surface area contributed by atoms with Crippen LogP contribution in [0.15, 0.2) is 69.9 Å². The maximum atomic E-state index is 13.7. The first-order valence-corrected chi connectivity index (χ1v) is 16.7. The van der Waals surface area contributed by atoms with Crippen molar-refractivity contribution in [2.45, 2.75) is 38.8 Å². The summed E-state index contributed by atoms with van der Waals surface area (Å²) in [5, 5.41) is 5.54. The van der Waals surface area contributed by atoms with Crippen molar-refractivity contribution in [2.24, 2.45) is 0 Å². The van der Waals surface area contributed by atoms with Gasteiger partial charge in [-0.1, -0.05) is 24.3 Å². The fourth-order valence-corrected chi connectivity index (χ4v) is 5.36. The fourth-order valence-electron chi connectivity index (χ4n) is 4.88. The second kappa shape index (κ2) is 16.3. The number of hydrogen-bond acceptors (Lipinski definition) is 11. The second-order valence-corrected chi connectivity index (χ2v) is 12.7. The van der Waals surface area contributed by atoms with Crippen LogP contribution in [0.2, 0.25) is 0 Å². The van der Waals surface area contributed by atoms with Gasteiger partial charge in [0.2, 0.25) is 5.75 Å². The first-order chi connectivity index (χ1) is 23.4. The normalized spacial score (nSPS) is 11.7. The summed E-state index contributed by atoms with van der Waals surface area (Å²) in [6.45, 7) is 4.69. The Kier molecular flexibility index (Phi) is 12.2. The maximum absolute atomic E-state index is 13.7. The van der Waals surface area contributed by atoms with Gasteiger partial charge in [-0.05, 0) is 63.5 Å². The lowest BCUT2D eigenvalue weighted by molar-refractivity contribution is -0.158. The summed E-state index contributed by atoms with van der Waals surface area (Å²) < 4.78 is 33.9. The van der Waals surface area contributed by atoms with Gasteiger partial charge in [-0.3, -0.25) is 14.4 Å². The van der Waals surface area contributed by atoms with Gasteiger partial charge >= 0.3 is 5.97 Å². The first-order valence-electron chi connectivity index (χ1n) is 15.3. The van der Waals surface area contributed by atoms with E-state index in [-0.39, 0.29) is 39.9 Å². The molecular weight excluding hydrogens is 652 g/mol. The molecule has 3 aromatic carbocycles. The number of hydrogen-bond donors (Lipinski definition) is 2. The van der Waals surface area contributed by atoms with Crippen molar-refractivity contribution in [3.8, 4) is 34.3 Å². The molecule has 12 nitrogen and oxygen atoms in total. The molecular formula is C36H40N2O10S. The molecule has 0 bridgehead atoms. The van der Waals surface area contributed by atoms with E-state index in [2.05, 4.69) is 10.6 Å². The van der Waals surface area contributed by atoms with Crippen molar-refractivity contribution in [1.82, 2.24) is 5.32 Å². The van der Waals surface area contributed by atoms with E-state index in [9.17, 15) is 19.2 Å². The summed E-state index contributed by atoms with van der Waals surface area (Å²) in [5.74, 6) is -0.100. The Labute approximate surface area is 288 Å². The number of rotatable bonds is 14. The molecule has 0 aliphatic carbocycles. The predicted octanol–water partition coefficient (Wildman–Crippen LogP) is 5.70. The largest absolute Gasteiger partial charge is 0.496 e. The standard InChI is InChI=1S/C36H40N2O10S/c1-36(2,3)48-35(42)24(15-16-49-7)38-30(40)20-46-33-31-25(39)18-27(47-28(31)19-29(44-5)32(33)45-6)21-11-10-12-22(17-21)37-34(41)23-13-8-9-14-26(23)43-4/h8-14,17-19,24H,15-16,20H2,1-7H3,(H,37,41)(H,38,40)/t24-/m0/s1. The Hall–Kier alpha value is -5.17. The van der Waals surface area contributed by atoms with Gasteiger partial charge in [0.25, 0.3) is 11.8 Å². The number of fused-ring (bicyclic) bond motifs is 1. The Balaban J connectivity index is 1.63. The van der Waals surface area contributed by atoms with Gasteiger partial charge in [-0.2, -0.15) is 11.8 Å². The highest BCUT2D eigenvalue weighted by molar-refractivity contribution is 7.98. The molecule has 2 amide bonds. The lowest BCUT2D eigenvalue weighted by atomic mass is 10.1. The summed E-state index contributed by atoms with van der Waals surface area (Å²) in [7, 11) is 4.27. The van der Waals surface area contributed by atoms with Crippen LogP contribution < -0.4 is 35.0 Å². The summed E-state index contributed by atoms with van der Waals surface area (Å²) in [6, 6.07) is 15.5. The topological polar surface area (TPSA) is 152 Å². The van der Waals surface area contributed by atoms with Gasteiger partial charge in [-0.15, -0.1) is 0 Å². The molecule has 1 heterocycles. The molecule has 260 valence electrons. The summed E-state index contributed by atoms with van der Waals surface area (Å²) >= 11 is 1.53. The van der Waals surface area contributed by atoms with E-state index in [1.54, 1.807) is 69.3 Å². The molecule has 0 fully saturated rings. The van der Waals surface area contributed by atoms with Gasteiger partial charge < -0.3 is 38.7 Å². The van der Waals surface area contributed by atoms with E-state index in [1.165, 1.54) is 45.2 Å². The van der Waals surface area contributed by atoms with Crippen LogP contribution in [0, 0.1) is 0 Å². The third kappa shape index (κ3) is 9.26. The highest BCUT2D eigenvalue weighted by Gasteiger charge is 2.28. The van der Waals surface area contributed by atoms with Crippen LogP contribution in [0.3, 0.4) is 0 Å². The van der Waals surface area contributed by atoms with E-state index in [1.807, 2.05) is 6.26 Å². The van der Waals surface area contributed by atoms with E-state index in [0.717, 1.165) is 0 Å². The molecule has 0 saturated heterocycles. The minimum atomic E-state index is -0.894. The van der Waals surface area contributed by atoms with Gasteiger partial charge in [0.15, 0.2) is 23.5 Å². The second-order valence-electron chi connectivity index (χ2n) is 11.7. The van der Waals surface area contributed by atoms with Crippen LogP contribution in [0.5, 0.6) is 23.0 Å². The van der Waals surface area contributed by atoms with E-state index in [0.29, 0.717) is 34.7 Å². The molecule has 0 radical (unpaired) electrons. The third-order valence-electron chi connectivity index (χ3n) is 7.06. The lowest BCUT2D eigenvalue weighted by Gasteiger charge is -2.24. The molecule has 0 spiro atoms. The average molecular weight is 693 g/mol. The number of para-hydroxylation sites is 1. The van der Waals surface area contributed by atoms with Gasteiger partial charge in [0.1, 0.15) is 34.1 Å². The summed E-state index contributed by atoms with van der Waals surface area (Å²) in [6.07, 6.45) is 2.25. The molecule has 49 heavy (non-hydrogen) atoms. The Bertz CT molecular complexity index is 1880. The van der Waals surface area contributed by atoms with E-state index in [4.69, 9.17) is 28.1 Å². The molecule has 0 unspecified atom stereocenters. The lowest BCUT2D eigenvalue weighted by Crippen LogP contribution is -2.46. The van der Waals surface area contributed by atoms with Crippen LogP contribution in [0.4, 0.5) is 5.69 Å². The first kappa shape index (κ1) is 36.7. The molecule has 0 aliphatic heterocycles. The molecule has 0 saturated carbocycles. The minimum Gasteiger partial charge on any atom is -0.496 e. The summed E-state index contributed by atoms with van der Waals surface area (Å²) in [4.78, 5) is 52.5. The Morgan fingerprint density at radius 1 is 0.898 bits per heavy atom. The predicted molar refractivity (Wildman–Crippen MR) is 188 cm³/mol. The van der Waals surface area contributed by atoms with Crippen LogP contribution in [-0.2, 0) is 14.3 Å². The van der Waals surface area contributed by atoms with E-state index >= 15 is 0 Å². The van der Waals surface area contributed by atoms with Crippen LogP contribution >= 0.6 is 11.8 Å². The fraction of sp³-hybridized carbons (Fsp3) is 0.333. The zero-order chi connectivity index (χ0) is 35.7. The average Bonchev–Trinajstić information content (AvgIpc) is 3.07. The van der Waals surface area contributed by atoms with Crippen molar-refractivity contribution < 1.29 is 42.5 Å². The highest BCUT2D eigenvalue weighted by atomic mass is 32.2. The van der Waals surface area contributed by atoms with Crippen molar-refractivity contribution in [2.75, 3.05) is 45.3 Å². The number of esters is 1. The Morgan fingerprint density at radius 3 is 2.31 bits per heavy atom. The van der Waals surface area contributed by atoms with Crippen molar-refractivity contribution in [3.63, 3.8) is 0 Å². The number of benzene rings is 3. The number of thioether (sulfide) groups is 1. The third-order valence-corrected chi connectivity index (χ3v) is 7.70. The Morgan fingerprint density at radius 2 is 1.63 bits per heavy atom. The number of ether oxygens (including phenoxy) is 5. The number of anilines is 1. The number of methoxy groups -OCH3 is 3. The molecule has 4 rings (SSSR count). The highest BCUT2D eigenvalue weighted by Crippen LogP contribution is 2.43. The number of carbonyl (C=O) groups is 3. The molecule has 1 aromatic heterocycles. The zero-order valence-corrected chi connectivity index (χ0v) is 29.3. The number of amides is 2. The van der Waals surface area contributed by atoms with Crippen molar-refractivity contribution >= 4 is 46.2 Å². The van der Waals surface area contributed by atoms with Crippen molar-refractivity contribution in [1.29, 1.82) is 0 Å². The molecule has 13 heteroatoms. The van der Waals surface area contributed by atoms with E-state index < -0.39 is 35.6 Å². The monoisotopic (exact) mass is 692 g/mol. The van der Waals surface area contributed by atoms with Crippen LogP contribution in [0.1, 0.15) is 37.6 Å². The SMILES string of the molecule is COc1ccccc1C(=O)Nc1cccc(-c2cc(=O)c3c(OCC(=O)N[C@@H](CCSC)C(=O)OC(C)(C)C)c(OC)c(OC)cc3o2)c1. The molecule has 1 atom stereocenters. The summed E-state index contributed by atoms with van der Waals surface area (Å²) in [5.41, 5.74) is 0.206. The molecule has 2 N–H and O–H groups in total. The van der Waals surface area contributed by atoms with Crippen molar-refractivity contribution in [3.05, 3.63) is 76.5 Å². The number of nitrogens with one attached hydrogen (secondary N) is 2. The quantitative estimate of drug-likeness (QED) is 0.157. The smallest absolute Gasteiger partial charge is 0.329 e. The minimum absolute atomic E-state index is 0.0147. The van der Waals surface area contributed by atoms with Gasteiger partial charge in [-0.25, -0.2) is 4.79 Å². The van der Waals surface area contributed by atoms with Crippen LogP contribution in [-0.4, -0.2) is 69.4 Å². The van der Waals surface area contributed by atoms with Gasteiger partial charge in [0, 0.05) is 23.4 Å². The molecule has 0 aliphatic rings. The maximum Gasteiger partial charge on any atom is 0.329 e. The molecule has 4 aromatic rings. The zero-order valence-electron chi connectivity index (χ0n) is 28.5. The van der Waals surface area contributed by atoms with Gasteiger partial charge in [0.05, 0.1) is 26.9 Å². The van der Waals surface area contributed by atoms with Crippen LogP contribution in [0.25, 0.3) is 22.3 Å².